The number of halogens is 1. The molecule has 0 bridgehead atoms. The molecule has 0 aliphatic carbocycles. The number of nitrogens with zero attached hydrogens (tertiary/aromatic N) is 1. The van der Waals surface area contributed by atoms with Gasteiger partial charge in [0.25, 0.3) is 5.91 Å². The van der Waals surface area contributed by atoms with Gasteiger partial charge in [-0.15, -0.1) is 12.4 Å². The molecule has 0 unspecified atom stereocenters. The van der Waals surface area contributed by atoms with Crippen molar-refractivity contribution in [1.29, 1.82) is 0 Å². The maximum absolute atomic E-state index is 12.5. The third kappa shape index (κ3) is 4.93. The van der Waals surface area contributed by atoms with E-state index in [4.69, 9.17) is 15.2 Å². The highest BCUT2D eigenvalue weighted by Gasteiger charge is 2.34. The van der Waals surface area contributed by atoms with Crippen LogP contribution in [0, 0.1) is 0 Å². The lowest BCUT2D eigenvalue weighted by atomic mass is 10.1. The van der Waals surface area contributed by atoms with Crippen LogP contribution in [0.4, 0.5) is 0 Å². The SMILES string of the molecule is Cl.NC[C@H]1CC[C@@H](C(=O)N2CCC(OCc3ccccc3)CC2)O1. The zero-order chi connectivity index (χ0) is 16.1. The van der Waals surface area contributed by atoms with Gasteiger partial charge in [-0.2, -0.15) is 0 Å². The second-order valence-electron chi connectivity index (χ2n) is 6.38. The van der Waals surface area contributed by atoms with Crippen molar-refractivity contribution >= 4 is 18.3 Å². The Morgan fingerprint density at radius 3 is 2.50 bits per heavy atom. The van der Waals surface area contributed by atoms with Gasteiger partial charge in [0.1, 0.15) is 6.10 Å². The summed E-state index contributed by atoms with van der Waals surface area (Å²) in [5, 5.41) is 0. The predicted molar refractivity (Wildman–Crippen MR) is 95.0 cm³/mol. The van der Waals surface area contributed by atoms with Crippen molar-refractivity contribution in [3.63, 3.8) is 0 Å². The normalized spacial score (nSPS) is 24.6. The van der Waals surface area contributed by atoms with Gasteiger partial charge in [-0.05, 0) is 31.2 Å². The van der Waals surface area contributed by atoms with Crippen LogP contribution >= 0.6 is 12.4 Å². The molecule has 24 heavy (non-hydrogen) atoms. The van der Waals surface area contributed by atoms with E-state index in [9.17, 15) is 4.79 Å². The van der Waals surface area contributed by atoms with Gasteiger partial charge in [-0.25, -0.2) is 0 Å². The number of piperidine rings is 1. The molecule has 6 heteroatoms. The molecular weight excluding hydrogens is 328 g/mol. The van der Waals surface area contributed by atoms with Crippen LogP contribution < -0.4 is 5.73 Å². The summed E-state index contributed by atoms with van der Waals surface area (Å²) in [4.78, 5) is 14.4. The van der Waals surface area contributed by atoms with E-state index in [-0.39, 0.29) is 36.6 Å². The second kappa shape index (κ2) is 9.37. The smallest absolute Gasteiger partial charge is 0.251 e. The molecule has 0 aromatic heterocycles. The first kappa shape index (κ1) is 19.2. The van der Waals surface area contributed by atoms with Gasteiger partial charge in [0, 0.05) is 19.6 Å². The Kier molecular flexibility index (Phi) is 7.49. The Bertz CT molecular complexity index is 506. The average molecular weight is 355 g/mol. The second-order valence-corrected chi connectivity index (χ2v) is 6.38. The summed E-state index contributed by atoms with van der Waals surface area (Å²) in [5.41, 5.74) is 6.80. The lowest BCUT2D eigenvalue weighted by Gasteiger charge is -2.33. The monoisotopic (exact) mass is 354 g/mol. The zero-order valence-electron chi connectivity index (χ0n) is 13.9. The molecule has 0 saturated carbocycles. The third-order valence-electron chi connectivity index (χ3n) is 4.73. The van der Waals surface area contributed by atoms with Gasteiger partial charge in [0.05, 0.1) is 18.8 Å². The topological polar surface area (TPSA) is 64.8 Å². The van der Waals surface area contributed by atoms with Gasteiger partial charge in [0.15, 0.2) is 0 Å². The van der Waals surface area contributed by atoms with Crippen LogP contribution in [0.25, 0.3) is 0 Å². The van der Waals surface area contributed by atoms with Crippen LogP contribution in [0.3, 0.4) is 0 Å². The molecule has 2 atom stereocenters. The minimum absolute atomic E-state index is 0. The fourth-order valence-electron chi connectivity index (χ4n) is 3.30. The highest BCUT2D eigenvalue weighted by Crippen LogP contribution is 2.23. The Balaban J connectivity index is 0.00000208. The van der Waals surface area contributed by atoms with E-state index in [1.807, 2.05) is 23.1 Å². The number of carbonyl (C=O) groups is 1. The van der Waals surface area contributed by atoms with E-state index in [2.05, 4.69) is 12.1 Å². The molecule has 5 nitrogen and oxygen atoms in total. The van der Waals surface area contributed by atoms with Gasteiger partial charge in [-0.3, -0.25) is 4.79 Å². The van der Waals surface area contributed by atoms with E-state index in [0.29, 0.717) is 13.2 Å². The molecule has 2 fully saturated rings. The molecular formula is C18H27ClN2O3. The van der Waals surface area contributed by atoms with Gasteiger partial charge in [0.2, 0.25) is 0 Å². The number of benzene rings is 1. The average Bonchev–Trinajstić information content (AvgIpc) is 3.10. The van der Waals surface area contributed by atoms with Crippen molar-refractivity contribution in [2.45, 2.75) is 50.6 Å². The molecule has 1 aromatic carbocycles. The lowest BCUT2D eigenvalue weighted by molar-refractivity contribution is -0.145. The Morgan fingerprint density at radius 1 is 1.17 bits per heavy atom. The van der Waals surface area contributed by atoms with Crippen LogP contribution in [-0.4, -0.2) is 48.8 Å². The first-order valence-corrected chi connectivity index (χ1v) is 8.56. The van der Waals surface area contributed by atoms with E-state index in [1.165, 1.54) is 5.56 Å². The summed E-state index contributed by atoms with van der Waals surface area (Å²) in [5.74, 6) is 0.127. The van der Waals surface area contributed by atoms with Crippen molar-refractivity contribution < 1.29 is 14.3 Å². The summed E-state index contributed by atoms with van der Waals surface area (Å²) >= 11 is 0. The fourth-order valence-corrected chi connectivity index (χ4v) is 3.30. The maximum Gasteiger partial charge on any atom is 0.251 e. The number of likely N-dealkylation sites (tertiary alicyclic amines) is 1. The lowest BCUT2D eigenvalue weighted by Crippen LogP contribution is -2.45. The van der Waals surface area contributed by atoms with Crippen LogP contribution in [0.2, 0.25) is 0 Å². The van der Waals surface area contributed by atoms with E-state index < -0.39 is 0 Å². The standard InChI is InChI=1S/C18H26N2O3.ClH/c19-12-16-6-7-17(23-16)18(21)20-10-8-15(9-11-20)22-13-14-4-2-1-3-5-14;/h1-5,15-17H,6-13,19H2;1H/t16-,17+;/m1./s1. The van der Waals surface area contributed by atoms with Gasteiger partial charge >= 0.3 is 0 Å². The molecule has 3 rings (SSSR count). The summed E-state index contributed by atoms with van der Waals surface area (Å²) in [6, 6.07) is 10.2. The van der Waals surface area contributed by atoms with Crippen LogP contribution in [0.15, 0.2) is 30.3 Å². The molecule has 1 aromatic rings. The predicted octanol–water partition coefficient (Wildman–Crippen LogP) is 2.12. The first-order chi connectivity index (χ1) is 11.3. The van der Waals surface area contributed by atoms with E-state index in [0.717, 1.165) is 38.8 Å². The molecule has 1 amide bonds. The van der Waals surface area contributed by atoms with Crippen molar-refractivity contribution in [1.82, 2.24) is 4.90 Å². The number of hydrogen-bond donors (Lipinski definition) is 1. The Morgan fingerprint density at radius 2 is 1.88 bits per heavy atom. The number of amides is 1. The molecule has 2 N–H and O–H groups in total. The van der Waals surface area contributed by atoms with Crippen molar-refractivity contribution in [3.8, 4) is 0 Å². The largest absolute Gasteiger partial charge is 0.373 e. The zero-order valence-corrected chi connectivity index (χ0v) is 14.7. The minimum Gasteiger partial charge on any atom is -0.373 e. The van der Waals surface area contributed by atoms with Gasteiger partial charge < -0.3 is 20.1 Å². The highest BCUT2D eigenvalue weighted by atomic mass is 35.5. The number of carbonyl (C=O) groups excluding carboxylic acids is 1. The Labute approximate surface area is 149 Å². The van der Waals surface area contributed by atoms with Crippen LogP contribution in [0.1, 0.15) is 31.2 Å². The summed E-state index contributed by atoms with van der Waals surface area (Å²) in [7, 11) is 0. The summed E-state index contributed by atoms with van der Waals surface area (Å²) in [6.45, 7) is 2.65. The third-order valence-corrected chi connectivity index (χ3v) is 4.73. The summed E-state index contributed by atoms with van der Waals surface area (Å²) < 4.78 is 11.7. The Hall–Kier alpha value is -1.14. The minimum atomic E-state index is -0.287. The molecule has 2 heterocycles. The number of rotatable bonds is 5. The molecule has 2 aliphatic rings. The van der Waals surface area contributed by atoms with Crippen molar-refractivity contribution in [2.75, 3.05) is 19.6 Å². The number of hydrogen-bond acceptors (Lipinski definition) is 4. The fraction of sp³-hybridized carbons (Fsp3) is 0.611. The van der Waals surface area contributed by atoms with Crippen molar-refractivity contribution in [2.24, 2.45) is 5.73 Å². The number of nitrogens with two attached hydrogens (primary N) is 1. The molecule has 2 saturated heterocycles. The quantitative estimate of drug-likeness (QED) is 0.879. The van der Waals surface area contributed by atoms with Gasteiger partial charge in [-0.1, -0.05) is 30.3 Å². The van der Waals surface area contributed by atoms with Crippen LogP contribution in [0.5, 0.6) is 0 Å². The molecule has 0 radical (unpaired) electrons. The number of ether oxygens (including phenoxy) is 2. The summed E-state index contributed by atoms with van der Waals surface area (Å²) in [6.07, 6.45) is 3.48. The molecule has 0 spiro atoms. The van der Waals surface area contributed by atoms with E-state index in [1.54, 1.807) is 0 Å². The molecule has 134 valence electrons. The molecule has 2 aliphatic heterocycles. The van der Waals surface area contributed by atoms with E-state index >= 15 is 0 Å². The first-order valence-electron chi connectivity index (χ1n) is 8.56. The van der Waals surface area contributed by atoms with Crippen molar-refractivity contribution in [3.05, 3.63) is 35.9 Å². The van der Waals surface area contributed by atoms with Crippen LogP contribution in [-0.2, 0) is 20.9 Å². The highest BCUT2D eigenvalue weighted by molar-refractivity contribution is 5.85. The maximum atomic E-state index is 12.5.